The van der Waals surface area contributed by atoms with E-state index in [1.54, 1.807) is 0 Å². The van der Waals surface area contributed by atoms with Crippen LogP contribution < -0.4 is 5.32 Å². The first-order chi connectivity index (χ1) is 7.49. The Hall–Kier alpha value is -0.340. The number of nitrogens with one attached hydrogen (secondary N) is 1. The predicted molar refractivity (Wildman–Crippen MR) is 74.7 cm³/mol. The summed E-state index contributed by atoms with van der Waals surface area (Å²) in [6.45, 7) is 8.97. The first-order valence-corrected chi connectivity index (χ1v) is 6.79. The lowest BCUT2D eigenvalue weighted by Gasteiger charge is -2.23. The Kier molecular flexibility index (Phi) is 5.50. The standard InChI is InChI=1S/C14H22BrN/c1-10(2)16-12(4)11(3)9-13-5-7-14(15)8-6-13/h5-8,10-12,16H,9H2,1-4H3. The maximum atomic E-state index is 3.56. The van der Waals surface area contributed by atoms with Crippen LogP contribution in [-0.2, 0) is 6.42 Å². The van der Waals surface area contributed by atoms with Crippen molar-refractivity contribution in [2.75, 3.05) is 0 Å². The summed E-state index contributed by atoms with van der Waals surface area (Å²) in [5.74, 6) is 0.656. The average Bonchev–Trinajstić information content (AvgIpc) is 2.20. The molecule has 1 nitrogen and oxygen atoms in total. The molecule has 2 unspecified atom stereocenters. The van der Waals surface area contributed by atoms with Crippen LogP contribution in [0.1, 0.15) is 33.3 Å². The molecule has 1 aromatic rings. The summed E-state index contributed by atoms with van der Waals surface area (Å²) in [4.78, 5) is 0. The minimum atomic E-state index is 0.558. The van der Waals surface area contributed by atoms with Crippen LogP contribution >= 0.6 is 15.9 Å². The van der Waals surface area contributed by atoms with Crippen LogP contribution in [0.3, 0.4) is 0 Å². The van der Waals surface area contributed by atoms with E-state index in [9.17, 15) is 0 Å². The van der Waals surface area contributed by atoms with Gasteiger partial charge in [0.2, 0.25) is 0 Å². The molecule has 90 valence electrons. The van der Waals surface area contributed by atoms with Crippen LogP contribution in [-0.4, -0.2) is 12.1 Å². The molecule has 16 heavy (non-hydrogen) atoms. The van der Waals surface area contributed by atoms with Crippen molar-refractivity contribution in [2.45, 2.75) is 46.2 Å². The quantitative estimate of drug-likeness (QED) is 0.861. The van der Waals surface area contributed by atoms with Crippen LogP contribution in [0, 0.1) is 5.92 Å². The van der Waals surface area contributed by atoms with Crippen LogP contribution in [0.25, 0.3) is 0 Å². The Morgan fingerprint density at radius 2 is 1.62 bits per heavy atom. The van der Waals surface area contributed by atoms with Crippen molar-refractivity contribution in [2.24, 2.45) is 5.92 Å². The van der Waals surface area contributed by atoms with Crippen LogP contribution in [0.2, 0.25) is 0 Å². The van der Waals surface area contributed by atoms with Gasteiger partial charge in [0.15, 0.2) is 0 Å². The Bertz CT molecular complexity index is 305. The monoisotopic (exact) mass is 283 g/mol. The van der Waals surface area contributed by atoms with Crippen molar-refractivity contribution in [3.63, 3.8) is 0 Å². The summed E-state index contributed by atoms with van der Waals surface area (Å²) in [5, 5.41) is 3.56. The second-order valence-electron chi connectivity index (χ2n) is 4.92. The van der Waals surface area contributed by atoms with Gasteiger partial charge in [-0.1, -0.05) is 48.8 Å². The zero-order chi connectivity index (χ0) is 12.1. The lowest BCUT2D eigenvalue weighted by atomic mass is 9.94. The maximum Gasteiger partial charge on any atom is 0.0175 e. The van der Waals surface area contributed by atoms with Gasteiger partial charge in [0.1, 0.15) is 0 Å². The van der Waals surface area contributed by atoms with Crippen molar-refractivity contribution in [3.8, 4) is 0 Å². The summed E-state index contributed by atoms with van der Waals surface area (Å²) in [6.07, 6.45) is 1.13. The molecule has 0 aliphatic carbocycles. The Morgan fingerprint density at radius 3 is 2.12 bits per heavy atom. The Balaban J connectivity index is 2.50. The van der Waals surface area contributed by atoms with Crippen molar-refractivity contribution in [1.82, 2.24) is 5.32 Å². The van der Waals surface area contributed by atoms with Crippen LogP contribution in [0.4, 0.5) is 0 Å². The summed E-state index contributed by atoms with van der Waals surface area (Å²) in [7, 11) is 0. The van der Waals surface area contributed by atoms with Gasteiger partial charge in [-0.15, -0.1) is 0 Å². The first-order valence-electron chi connectivity index (χ1n) is 5.99. The fourth-order valence-corrected chi connectivity index (χ4v) is 2.12. The highest BCUT2D eigenvalue weighted by Gasteiger charge is 2.13. The molecule has 0 bridgehead atoms. The molecule has 0 amide bonds. The molecule has 2 heteroatoms. The Morgan fingerprint density at radius 1 is 1.06 bits per heavy atom. The van der Waals surface area contributed by atoms with E-state index in [2.05, 4.69) is 73.2 Å². The summed E-state index contributed by atoms with van der Waals surface area (Å²) < 4.78 is 1.15. The molecular weight excluding hydrogens is 262 g/mol. The smallest absolute Gasteiger partial charge is 0.0175 e. The largest absolute Gasteiger partial charge is 0.312 e. The minimum Gasteiger partial charge on any atom is -0.312 e. The minimum absolute atomic E-state index is 0.558. The van der Waals surface area contributed by atoms with Gasteiger partial charge >= 0.3 is 0 Å². The van der Waals surface area contributed by atoms with Gasteiger partial charge in [-0.2, -0.15) is 0 Å². The molecule has 0 aromatic heterocycles. The highest BCUT2D eigenvalue weighted by atomic mass is 79.9. The first kappa shape index (κ1) is 13.7. The molecule has 0 radical (unpaired) electrons. The molecule has 0 aliphatic rings. The topological polar surface area (TPSA) is 12.0 Å². The van der Waals surface area contributed by atoms with E-state index >= 15 is 0 Å². The van der Waals surface area contributed by atoms with Gasteiger partial charge in [0.25, 0.3) is 0 Å². The molecule has 1 aromatic carbocycles. The maximum absolute atomic E-state index is 3.56. The second-order valence-corrected chi connectivity index (χ2v) is 5.83. The third kappa shape index (κ3) is 4.67. The van der Waals surface area contributed by atoms with Gasteiger partial charge in [-0.05, 0) is 37.0 Å². The molecule has 0 heterocycles. The predicted octanol–water partition coefficient (Wildman–Crippen LogP) is 4.01. The van der Waals surface area contributed by atoms with Gasteiger partial charge in [-0.25, -0.2) is 0 Å². The zero-order valence-electron chi connectivity index (χ0n) is 10.6. The molecule has 1 N–H and O–H groups in total. The normalized spacial score (nSPS) is 15.1. The van der Waals surface area contributed by atoms with E-state index in [-0.39, 0.29) is 0 Å². The third-order valence-corrected chi connectivity index (χ3v) is 3.45. The molecule has 0 spiro atoms. The number of hydrogen-bond donors (Lipinski definition) is 1. The van der Waals surface area contributed by atoms with E-state index < -0.39 is 0 Å². The van der Waals surface area contributed by atoms with Gasteiger partial charge in [0.05, 0.1) is 0 Å². The molecule has 0 saturated carbocycles. The fourth-order valence-electron chi connectivity index (χ4n) is 1.86. The van der Waals surface area contributed by atoms with E-state index in [1.165, 1.54) is 5.56 Å². The fraction of sp³-hybridized carbons (Fsp3) is 0.571. The van der Waals surface area contributed by atoms with Crippen LogP contribution in [0.15, 0.2) is 28.7 Å². The number of hydrogen-bond acceptors (Lipinski definition) is 1. The highest BCUT2D eigenvalue weighted by molar-refractivity contribution is 9.10. The summed E-state index contributed by atoms with van der Waals surface area (Å²) in [6, 6.07) is 9.74. The highest BCUT2D eigenvalue weighted by Crippen LogP contribution is 2.15. The molecule has 0 fully saturated rings. The molecular formula is C14H22BrN. The molecule has 0 aliphatic heterocycles. The van der Waals surface area contributed by atoms with E-state index in [4.69, 9.17) is 0 Å². The molecule has 1 rings (SSSR count). The Labute approximate surface area is 108 Å². The average molecular weight is 284 g/mol. The van der Waals surface area contributed by atoms with Crippen molar-refractivity contribution in [1.29, 1.82) is 0 Å². The van der Waals surface area contributed by atoms with Crippen molar-refractivity contribution in [3.05, 3.63) is 34.3 Å². The van der Waals surface area contributed by atoms with Gasteiger partial charge < -0.3 is 5.32 Å². The number of rotatable bonds is 5. The zero-order valence-corrected chi connectivity index (χ0v) is 12.2. The SMILES string of the molecule is CC(C)NC(C)C(C)Cc1ccc(Br)cc1. The second kappa shape index (κ2) is 6.41. The van der Waals surface area contributed by atoms with Crippen LogP contribution in [0.5, 0.6) is 0 Å². The van der Waals surface area contributed by atoms with Crippen molar-refractivity contribution < 1.29 is 0 Å². The van der Waals surface area contributed by atoms with E-state index in [0.717, 1.165) is 10.9 Å². The number of benzene rings is 1. The lowest BCUT2D eigenvalue weighted by Crippen LogP contribution is -2.37. The van der Waals surface area contributed by atoms with E-state index in [1.807, 2.05) is 0 Å². The van der Waals surface area contributed by atoms with Gasteiger partial charge in [-0.3, -0.25) is 0 Å². The lowest BCUT2D eigenvalue weighted by molar-refractivity contribution is 0.372. The third-order valence-electron chi connectivity index (χ3n) is 2.92. The summed E-state index contributed by atoms with van der Waals surface area (Å²) in [5.41, 5.74) is 1.41. The number of halogens is 1. The van der Waals surface area contributed by atoms with Crippen molar-refractivity contribution >= 4 is 15.9 Å². The molecule has 0 saturated heterocycles. The van der Waals surface area contributed by atoms with E-state index in [0.29, 0.717) is 18.0 Å². The summed E-state index contributed by atoms with van der Waals surface area (Å²) >= 11 is 3.46. The molecule has 2 atom stereocenters. The van der Waals surface area contributed by atoms with Gasteiger partial charge in [0, 0.05) is 16.6 Å².